The van der Waals surface area contributed by atoms with Crippen LogP contribution in [-0.4, -0.2) is 5.91 Å². The highest BCUT2D eigenvalue weighted by molar-refractivity contribution is 6.04. The van der Waals surface area contributed by atoms with Gasteiger partial charge in [0.1, 0.15) is 0 Å². The maximum atomic E-state index is 12.3. The minimum absolute atomic E-state index is 0.246. The molecule has 0 aliphatic carbocycles. The van der Waals surface area contributed by atoms with Gasteiger partial charge in [-0.3, -0.25) is 4.79 Å². The van der Waals surface area contributed by atoms with Gasteiger partial charge in [-0.2, -0.15) is 5.26 Å². The summed E-state index contributed by atoms with van der Waals surface area (Å²) in [6.07, 6.45) is 0. The maximum Gasteiger partial charge on any atom is 0.255 e. The lowest BCUT2D eigenvalue weighted by Crippen LogP contribution is -2.12. The van der Waals surface area contributed by atoms with Gasteiger partial charge in [-0.1, -0.05) is 30.3 Å². The first-order valence-electron chi connectivity index (χ1n) is 7.48. The number of nitriles is 1. The van der Waals surface area contributed by atoms with E-state index in [1.54, 1.807) is 24.3 Å². The molecular formula is C20H15N3O. The van der Waals surface area contributed by atoms with Gasteiger partial charge in [-0.05, 0) is 48.5 Å². The molecular weight excluding hydrogens is 298 g/mol. The van der Waals surface area contributed by atoms with Crippen LogP contribution >= 0.6 is 0 Å². The fraction of sp³-hybridized carbons (Fsp3) is 0. The van der Waals surface area contributed by atoms with Gasteiger partial charge in [0, 0.05) is 22.6 Å². The lowest BCUT2D eigenvalue weighted by molar-refractivity contribution is 0.102. The highest BCUT2D eigenvalue weighted by Crippen LogP contribution is 2.20. The van der Waals surface area contributed by atoms with Crippen molar-refractivity contribution >= 4 is 23.0 Å². The van der Waals surface area contributed by atoms with E-state index in [1.807, 2.05) is 60.7 Å². The lowest BCUT2D eigenvalue weighted by Gasteiger charge is -2.10. The Kier molecular flexibility index (Phi) is 4.55. The Hall–Kier alpha value is -3.58. The molecule has 0 aliphatic rings. The molecule has 0 radical (unpaired) electrons. The molecule has 1 amide bonds. The molecule has 0 spiro atoms. The first kappa shape index (κ1) is 15.3. The number of benzene rings is 3. The summed E-state index contributed by atoms with van der Waals surface area (Å²) in [5.41, 5.74) is 3.45. The molecule has 0 aromatic heterocycles. The van der Waals surface area contributed by atoms with E-state index in [4.69, 9.17) is 5.26 Å². The van der Waals surface area contributed by atoms with Crippen LogP contribution in [0.2, 0.25) is 0 Å². The minimum atomic E-state index is -0.246. The van der Waals surface area contributed by atoms with Crippen LogP contribution in [0.4, 0.5) is 17.1 Å². The molecule has 0 atom stereocenters. The van der Waals surface area contributed by atoms with Gasteiger partial charge in [0.15, 0.2) is 0 Å². The van der Waals surface area contributed by atoms with Crippen LogP contribution in [0.25, 0.3) is 0 Å². The number of hydrogen-bond donors (Lipinski definition) is 2. The highest BCUT2D eigenvalue weighted by Gasteiger charge is 2.07. The van der Waals surface area contributed by atoms with Gasteiger partial charge in [0.05, 0.1) is 11.6 Å². The molecule has 116 valence electrons. The molecule has 0 heterocycles. The molecule has 24 heavy (non-hydrogen) atoms. The second-order valence-electron chi connectivity index (χ2n) is 5.22. The Balaban J connectivity index is 1.74. The zero-order valence-corrected chi connectivity index (χ0v) is 12.9. The van der Waals surface area contributed by atoms with Crippen molar-refractivity contribution in [3.05, 3.63) is 90.0 Å². The van der Waals surface area contributed by atoms with Crippen LogP contribution in [0.15, 0.2) is 78.9 Å². The first-order valence-corrected chi connectivity index (χ1v) is 7.48. The number of amides is 1. The van der Waals surface area contributed by atoms with Crippen LogP contribution in [-0.2, 0) is 0 Å². The molecule has 0 saturated heterocycles. The third-order valence-corrected chi connectivity index (χ3v) is 3.44. The molecule has 3 aromatic rings. The van der Waals surface area contributed by atoms with Crippen LogP contribution in [0, 0.1) is 11.3 Å². The third kappa shape index (κ3) is 3.79. The number of carbonyl (C=O) groups excluding carboxylic acids is 1. The largest absolute Gasteiger partial charge is 0.355 e. The van der Waals surface area contributed by atoms with E-state index >= 15 is 0 Å². The third-order valence-electron chi connectivity index (χ3n) is 3.44. The summed E-state index contributed by atoms with van der Waals surface area (Å²) in [4.78, 5) is 12.3. The van der Waals surface area contributed by atoms with Crippen molar-refractivity contribution in [3.8, 4) is 6.07 Å². The van der Waals surface area contributed by atoms with Crippen molar-refractivity contribution in [1.29, 1.82) is 5.26 Å². The second kappa shape index (κ2) is 7.12. The molecule has 3 rings (SSSR count). The van der Waals surface area contributed by atoms with Crippen LogP contribution in [0.3, 0.4) is 0 Å². The molecule has 0 fully saturated rings. The van der Waals surface area contributed by atoms with Gasteiger partial charge >= 0.3 is 0 Å². The molecule has 4 heteroatoms. The van der Waals surface area contributed by atoms with Gasteiger partial charge in [-0.15, -0.1) is 0 Å². The molecule has 0 unspecified atom stereocenters. The Morgan fingerprint density at radius 2 is 1.50 bits per heavy atom. The molecule has 0 aliphatic heterocycles. The summed E-state index contributed by atoms with van der Waals surface area (Å²) < 4.78 is 0. The Bertz CT molecular complexity index is 898. The fourth-order valence-corrected chi connectivity index (χ4v) is 2.30. The van der Waals surface area contributed by atoms with Gasteiger partial charge in [-0.25, -0.2) is 0 Å². The smallest absolute Gasteiger partial charge is 0.255 e. The topological polar surface area (TPSA) is 64.9 Å². The SMILES string of the molecule is N#Cc1cccc(C(=O)Nc2cccc(Nc3ccccc3)c2)c1. The summed E-state index contributed by atoms with van der Waals surface area (Å²) in [6.45, 7) is 0. The number of rotatable bonds is 4. The van der Waals surface area contributed by atoms with Gasteiger partial charge in [0.2, 0.25) is 0 Å². The number of nitrogens with zero attached hydrogens (tertiary/aromatic N) is 1. The predicted molar refractivity (Wildman–Crippen MR) is 95.3 cm³/mol. The lowest BCUT2D eigenvalue weighted by atomic mass is 10.1. The van der Waals surface area contributed by atoms with Crippen molar-refractivity contribution in [2.24, 2.45) is 0 Å². The van der Waals surface area contributed by atoms with E-state index in [9.17, 15) is 4.79 Å². The number of anilines is 3. The normalized spacial score (nSPS) is 9.79. The molecule has 2 N–H and O–H groups in total. The summed E-state index contributed by atoms with van der Waals surface area (Å²) in [6, 6.07) is 25.9. The number of hydrogen-bond acceptors (Lipinski definition) is 3. The molecule has 3 aromatic carbocycles. The van der Waals surface area contributed by atoms with E-state index < -0.39 is 0 Å². The summed E-state index contributed by atoms with van der Waals surface area (Å²) in [7, 11) is 0. The fourth-order valence-electron chi connectivity index (χ4n) is 2.30. The summed E-state index contributed by atoms with van der Waals surface area (Å²) in [5, 5.41) is 15.0. The molecule has 0 saturated carbocycles. The van der Waals surface area contributed by atoms with E-state index in [2.05, 4.69) is 10.6 Å². The summed E-state index contributed by atoms with van der Waals surface area (Å²) in [5.74, 6) is -0.246. The average Bonchev–Trinajstić information content (AvgIpc) is 2.63. The van der Waals surface area contributed by atoms with Gasteiger partial charge in [0.25, 0.3) is 5.91 Å². The van der Waals surface area contributed by atoms with Crippen LogP contribution in [0.5, 0.6) is 0 Å². The average molecular weight is 313 g/mol. The van der Waals surface area contributed by atoms with E-state index in [0.29, 0.717) is 16.8 Å². The number of carbonyl (C=O) groups is 1. The maximum absolute atomic E-state index is 12.3. The van der Waals surface area contributed by atoms with Crippen molar-refractivity contribution in [3.63, 3.8) is 0 Å². The van der Waals surface area contributed by atoms with Crippen molar-refractivity contribution in [1.82, 2.24) is 0 Å². The van der Waals surface area contributed by atoms with Crippen LogP contribution < -0.4 is 10.6 Å². The highest BCUT2D eigenvalue weighted by atomic mass is 16.1. The summed E-state index contributed by atoms with van der Waals surface area (Å²) >= 11 is 0. The van der Waals surface area contributed by atoms with Crippen molar-refractivity contribution in [2.45, 2.75) is 0 Å². The zero-order chi connectivity index (χ0) is 16.8. The molecule has 0 bridgehead atoms. The van der Waals surface area contributed by atoms with E-state index in [-0.39, 0.29) is 5.91 Å². The van der Waals surface area contributed by atoms with E-state index in [1.165, 1.54) is 0 Å². The van der Waals surface area contributed by atoms with Crippen molar-refractivity contribution in [2.75, 3.05) is 10.6 Å². The number of nitrogens with one attached hydrogen (secondary N) is 2. The van der Waals surface area contributed by atoms with E-state index in [0.717, 1.165) is 11.4 Å². The predicted octanol–water partition coefficient (Wildman–Crippen LogP) is 4.55. The monoisotopic (exact) mass is 313 g/mol. The minimum Gasteiger partial charge on any atom is -0.355 e. The quantitative estimate of drug-likeness (QED) is 0.742. The zero-order valence-electron chi connectivity index (χ0n) is 12.9. The number of para-hydroxylation sites is 1. The second-order valence-corrected chi connectivity index (χ2v) is 5.22. The standard InChI is InChI=1S/C20H15N3O/c21-14-15-6-4-7-16(12-15)20(24)23-19-11-5-10-18(13-19)22-17-8-2-1-3-9-17/h1-13,22H,(H,23,24). The van der Waals surface area contributed by atoms with Gasteiger partial charge < -0.3 is 10.6 Å². The Labute approximate surface area is 140 Å². The van der Waals surface area contributed by atoms with Crippen molar-refractivity contribution < 1.29 is 4.79 Å². The first-order chi connectivity index (χ1) is 11.7. The molecule has 4 nitrogen and oxygen atoms in total. The Morgan fingerprint density at radius 1 is 0.792 bits per heavy atom. The van der Waals surface area contributed by atoms with Crippen LogP contribution in [0.1, 0.15) is 15.9 Å². The Morgan fingerprint density at radius 3 is 2.29 bits per heavy atom.